The Bertz CT molecular complexity index is 702. The number of carboxylic acids is 1. The third-order valence-corrected chi connectivity index (χ3v) is 3.76. The number of carbonyl (C=O) groups is 2. The highest BCUT2D eigenvalue weighted by atomic mass is 32.2. The molecule has 116 valence electrons. The second-order valence-corrected chi connectivity index (χ2v) is 5.07. The quantitative estimate of drug-likeness (QED) is 0.668. The van der Waals surface area contributed by atoms with Gasteiger partial charge in [-0.1, -0.05) is 12.1 Å². The minimum absolute atomic E-state index is 0.00944. The number of rotatable bonds is 5. The van der Waals surface area contributed by atoms with Crippen LogP contribution in [0.5, 0.6) is 5.75 Å². The molecular formula is C15H14O6S. The van der Waals surface area contributed by atoms with Crippen molar-refractivity contribution in [3.63, 3.8) is 0 Å². The number of hydrogen-bond acceptors (Lipinski definition) is 6. The molecule has 0 fully saturated rings. The predicted octanol–water partition coefficient (Wildman–Crippen LogP) is 3.16. The number of methoxy groups -OCH3 is 2. The summed E-state index contributed by atoms with van der Waals surface area (Å²) in [6.07, 6.45) is 1.94. The van der Waals surface area contributed by atoms with Gasteiger partial charge in [-0.05, 0) is 24.0 Å². The Morgan fingerprint density at radius 2 is 1.77 bits per heavy atom. The third-order valence-electron chi connectivity index (χ3n) is 3.01. The molecule has 0 unspecified atom stereocenters. The summed E-state index contributed by atoms with van der Waals surface area (Å²) in [5.41, 5.74) is 0.866. The summed E-state index contributed by atoms with van der Waals surface area (Å²) < 4.78 is 14.9. The minimum Gasteiger partial charge on any atom is -0.492 e. The fraction of sp³-hybridized carbons (Fsp3) is 0.200. The lowest BCUT2D eigenvalue weighted by molar-refractivity contribution is 0.0556. The first-order valence-electron chi connectivity index (χ1n) is 6.20. The van der Waals surface area contributed by atoms with Crippen molar-refractivity contribution >= 4 is 23.7 Å². The summed E-state index contributed by atoms with van der Waals surface area (Å²) in [7, 11) is 2.51. The van der Waals surface area contributed by atoms with E-state index >= 15 is 0 Å². The number of ether oxygens (including phenoxy) is 2. The van der Waals surface area contributed by atoms with E-state index in [1.54, 1.807) is 23.9 Å². The van der Waals surface area contributed by atoms with E-state index < -0.39 is 17.7 Å². The van der Waals surface area contributed by atoms with Gasteiger partial charge in [-0.15, -0.1) is 11.8 Å². The molecular weight excluding hydrogens is 308 g/mol. The Kier molecular flexibility index (Phi) is 4.77. The summed E-state index contributed by atoms with van der Waals surface area (Å²) in [4.78, 5) is 24.2. The average Bonchev–Trinajstić information content (AvgIpc) is 2.93. The Morgan fingerprint density at radius 1 is 1.14 bits per heavy atom. The molecule has 0 bridgehead atoms. The Hall–Kier alpha value is -2.41. The van der Waals surface area contributed by atoms with E-state index in [9.17, 15) is 14.7 Å². The van der Waals surface area contributed by atoms with Gasteiger partial charge in [-0.3, -0.25) is 0 Å². The topological polar surface area (TPSA) is 86.0 Å². The fourth-order valence-corrected chi connectivity index (χ4v) is 2.42. The summed E-state index contributed by atoms with van der Waals surface area (Å²) in [5.74, 6) is -2.74. The molecule has 7 heteroatoms. The van der Waals surface area contributed by atoms with Gasteiger partial charge in [0, 0.05) is 4.90 Å². The van der Waals surface area contributed by atoms with Crippen LogP contribution in [-0.4, -0.2) is 37.5 Å². The van der Waals surface area contributed by atoms with Crippen LogP contribution in [0.25, 0.3) is 11.1 Å². The van der Waals surface area contributed by atoms with Gasteiger partial charge in [0.2, 0.25) is 5.76 Å². The first-order valence-corrected chi connectivity index (χ1v) is 7.42. The molecule has 0 aliphatic heterocycles. The van der Waals surface area contributed by atoms with Gasteiger partial charge in [0.25, 0.3) is 5.76 Å². The van der Waals surface area contributed by atoms with E-state index in [-0.39, 0.29) is 17.1 Å². The van der Waals surface area contributed by atoms with Gasteiger partial charge in [-0.2, -0.15) is 0 Å². The van der Waals surface area contributed by atoms with Crippen LogP contribution in [0.2, 0.25) is 0 Å². The number of esters is 1. The molecule has 0 aliphatic rings. The monoisotopic (exact) mass is 322 g/mol. The highest BCUT2D eigenvalue weighted by Crippen LogP contribution is 2.39. The van der Waals surface area contributed by atoms with Crippen molar-refractivity contribution in [1.82, 2.24) is 0 Å². The standard InChI is InChI=1S/C15H14O6S/c1-19-11-10(8-4-6-9(22-3)7-5-8)12(15(18)20-2)21-13(11)14(16)17/h4-7H,1-3H3,(H,16,17). The molecule has 0 saturated carbocycles. The van der Waals surface area contributed by atoms with Crippen molar-refractivity contribution in [2.24, 2.45) is 0 Å². The highest BCUT2D eigenvalue weighted by molar-refractivity contribution is 7.98. The molecule has 0 atom stereocenters. The number of thioether (sulfide) groups is 1. The second-order valence-electron chi connectivity index (χ2n) is 4.19. The molecule has 0 aliphatic carbocycles. The Labute approximate surface area is 131 Å². The molecule has 1 N–H and O–H groups in total. The lowest BCUT2D eigenvalue weighted by Crippen LogP contribution is -2.01. The van der Waals surface area contributed by atoms with E-state index in [1.807, 2.05) is 18.4 Å². The van der Waals surface area contributed by atoms with Crippen LogP contribution in [0.1, 0.15) is 21.1 Å². The van der Waals surface area contributed by atoms with E-state index in [0.29, 0.717) is 5.56 Å². The smallest absolute Gasteiger partial charge is 0.375 e. The molecule has 1 aromatic carbocycles. The average molecular weight is 322 g/mol. The first-order chi connectivity index (χ1) is 10.5. The number of benzene rings is 1. The first kappa shape index (κ1) is 16.0. The van der Waals surface area contributed by atoms with Crippen LogP contribution in [-0.2, 0) is 4.74 Å². The van der Waals surface area contributed by atoms with Crippen molar-refractivity contribution in [2.75, 3.05) is 20.5 Å². The molecule has 0 saturated heterocycles. The van der Waals surface area contributed by atoms with Crippen molar-refractivity contribution in [3.8, 4) is 16.9 Å². The lowest BCUT2D eigenvalue weighted by Gasteiger charge is -2.05. The molecule has 0 radical (unpaired) electrons. The number of aromatic carboxylic acids is 1. The van der Waals surface area contributed by atoms with E-state index in [2.05, 4.69) is 4.74 Å². The largest absolute Gasteiger partial charge is 0.492 e. The van der Waals surface area contributed by atoms with Crippen molar-refractivity contribution in [2.45, 2.75) is 4.90 Å². The molecule has 0 spiro atoms. The summed E-state index contributed by atoms with van der Waals surface area (Å²) >= 11 is 1.57. The van der Waals surface area contributed by atoms with Gasteiger partial charge in [-0.25, -0.2) is 9.59 Å². The minimum atomic E-state index is -1.33. The summed E-state index contributed by atoms with van der Waals surface area (Å²) in [6.45, 7) is 0. The predicted molar refractivity (Wildman–Crippen MR) is 80.8 cm³/mol. The summed E-state index contributed by atoms with van der Waals surface area (Å²) in [6, 6.07) is 7.23. The van der Waals surface area contributed by atoms with Crippen LogP contribution < -0.4 is 4.74 Å². The van der Waals surface area contributed by atoms with Gasteiger partial charge in [0.05, 0.1) is 19.8 Å². The fourth-order valence-electron chi connectivity index (χ4n) is 2.01. The maximum Gasteiger partial charge on any atom is 0.375 e. The van der Waals surface area contributed by atoms with E-state index in [1.165, 1.54) is 14.2 Å². The number of carboxylic acid groups (broad SMARTS) is 1. The van der Waals surface area contributed by atoms with Crippen molar-refractivity contribution in [1.29, 1.82) is 0 Å². The molecule has 0 amide bonds. The molecule has 2 aromatic rings. The van der Waals surface area contributed by atoms with Gasteiger partial charge in [0.15, 0.2) is 5.75 Å². The van der Waals surface area contributed by atoms with Crippen LogP contribution in [0.15, 0.2) is 33.6 Å². The zero-order valence-electron chi connectivity index (χ0n) is 12.2. The maximum absolute atomic E-state index is 11.9. The molecule has 22 heavy (non-hydrogen) atoms. The number of furan rings is 1. The van der Waals surface area contributed by atoms with Crippen LogP contribution >= 0.6 is 11.8 Å². The maximum atomic E-state index is 11.9. The second kappa shape index (κ2) is 6.57. The normalized spacial score (nSPS) is 10.3. The molecule has 6 nitrogen and oxygen atoms in total. The van der Waals surface area contributed by atoms with E-state index in [0.717, 1.165) is 4.90 Å². The van der Waals surface area contributed by atoms with Crippen LogP contribution in [0.3, 0.4) is 0 Å². The Balaban J connectivity index is 2.69. The van der Waals surface area contributed by atoms with Crippen molar-refractivity contribution < 1.29 is 28.6 Å². The van der Waals surface area contributed by atoms with Gasteiger partial charge in [0.1, 0.15) is 0 Å². The third kappa shape index (κ3) is 2.80. The zero-order valence-corrected chi connectivity index (χ0v) is 13.0. The molecule has 1 aromatic heterocycles. The summed E-state index contributed by atoms with van der Waals surface area (Å²) in [5, 5.41) is 9.19. The lowest BCUT2D eigenvalue weighted by atomic mass is 10.0. The number of carbonyl (C=O) groups excluding carboxylic acids is 1. The van der Waals surface area contributed by atoms with Crippen LogP contribution in [0.4, 0.5) is 0 Å². The van der Waals surface area contributed by atoms with Crippen molar-refractivity contribution in [3.05, 3.63) is 35.8 Å². The highest BCUT2D eigenvalue weighted by Gasteiger charge is 2.30. The molecule has 1 heterocycles. The van der Waals surface area contributed by atoms with Gasteiger partial charge < -0.3 is 19.0 Å². The number of hydrogen-bond donors (Lipinski definition) is 1. The van der Waals surface area contributed by atoms with Gasteiger partial charge >= 0.3 is 11.9 Å². The van der Waals surface area contributed by atoms with Crippen LogP contribution in [0, 0.1) is 0 Å². The molecule has 2 rings (SSSR count). The zero-order chi connectivity index (χ0) is 16.3. The SMILES string of the molecule is COC(=O)c1oc(C(=O)O)c(OC)c1-c1ccc(SC)cc1. The Morgan fingerprint density at radius 3 is 2.23 bits per heavy atom. The van der Waals surface area contributed by atoms with E-state index in [4.69, 9.17) is 9.15 Å².